The Kier molecular flexibility index (Phi) is 4.27. The minimum Gasteiger partial charge on any atom is -0.465 e. The van der Waals surface area contributed by atoms with Crippen LogP contribution < -0.4 is 5.32 Å². The summed E-state index contributed by atoms with van der Waals surface area (Å²) in [5, 5.41) is 2.87. The number of aryl methyl sites for hydroxylation is 1. The number of alkyl carbamates (subject to hydrolysis) is 1. The number of nitrogens with one attached hydrogen (secondary N) is 1. The lowest BCUT2D eigenvalue weighted by Crippen LogP contribution is -2.34. The molecule has 0 spiro atoms. The molecular formula is C15H21NO4S. The third-order valence-electron chi connectivity index (χ3n) is 3.23. The number of amides is 1. The van der Waals surface area contributed by atoms with Gasteiger partial charge in [0.25, 0.3) is 0 Å². The molecule has 6 heteroatoms. The van der Waals surface area contributed by atoms with Crippen molar-refractivity contribution < 1.29 is 19.1 Å². The average Bonchev–Trinajstić information content (AvgIpc) is 2.98. The second-order valence-electron chi connectivity index (χ2n) is 6.21. The highest BCUT2D eigenvalue weighted by Crippen LogP contribution is 2.44. The summed E-state index contributed by atoms with van der Waals surface area (Å²) in [5.74, 6) is -0.0566. The number of hydrogen-bond acceptors (Lipinski definition) is 5. The van der Waals surface area contributed by atoms with Crippen molar-refractivity contribution in [3.63, 3.8) is 0 Å². The Balaban J connectivity index is 1.96. The fourth-order valence-corrected chi connectivity index (χ4v) is 3.23. The number of carbonyl (C=O) groups is 2. The van der Waals surface area contributed by atoms with E-state index in [2.05, 4.69) is 5.32 Å². The predicted octanol–water partition coefficient (Wildman–Crippen LogP) is 3.22. The van der Waals surface area contributed by atoms with Gasteiger partial charge in [0.1, 0.15) is 10.5 Å². The quantitative estimate of drug-likeness (QED) is 0.871. The number of rotatable bonds is 3. The van der Waals surface area contributed by atoms with E-state index in [0.717, 1.165) is 16.9 Å². The standard InChI is InChI=1S/C15H21NO4S/c1-8-9(7-12(21-8)13(17)19-5)10-6-11(10)16-14(18)20-15(2,3)4/h7,10-11H,6H2,1-5H3,(H,16,18). The summed E-state index contributed by atoms with van der Waals surface area (Å²) in [6.45, 7) is 7.49. The second-order valence-corrected chi connectivity index (χ2v) is 7.47. The van der Waals surface area contributed by atoms with E-state index < -0.39 is 11.7 Å². The van der Waals surface area contributed by atoms with Crippen molar-refractivity contribution in [2.24, 2.45) is 0 Å². The van der Waals surface area contributed by atoms with Gasteiger partial charge in [-0.1, -0.05) is 0 Å². The van der Waals surface area contributed by atoms with Crippen LogP contribution in [0.25, 0.3) is 0 Å². The zero-order chi connectivity index (χ0) is 15.8. The van der Waals surface area contributed by atoms with Gasteiger partial charge in [0, 0.05) is 16.8 Å². The smallest absolute Gasteiger partial charge is 0.407 e. The van der Waals surface area contributed by atoms with E-state index >= 15 is 0 Å². The first-order valence-electron chi connectivity index (χ1n) is 6.89. The van der Waals surface area contributed by atoms with Gasteiger partial charge in [-0.3, -0.25) is 0 Å². The molecule has 1 fully saturated rings. The van der Waals surface area contributed by atoms with Crippen LogP contribution in [0, 0.1) is 6.92 Å². The van der Waals surface area contributed by atoms with Crippen molar-refractivity contribution in [1.29, 1.82) is 0 Å². The first kappa shape index (κ1) is 15.8. The van der Waals surface area contributed by atoms with Gasteiger partial charge >= 0.3 is 12.1 Å². The SMILES string of the molecule is COC(=O)c1cc(C2CC2NC(=O)OC(C)(C)C)c(C)s1. The van der Waals surface area contributed by atoms with Gasteiger partial charge < -0.3 is 14.8 Å². The Morgan fingerprint density at radius 3 is 2.62 bits per heavy atom. The van der Waals surface area contributed by atoms with Crippen LogP contribution in [-0.2, 0) is 9.47 Å². The Morgan fingerprint density at radius 1 is 1.38 bits per heavy atom. The van der Waals surface area contributed by atoms with Gasteiger partial charge in [0.05, 0.1) is 7.11 Å². The van der Waals surface area contributed by atoms with E-state index in [0.29, 0.717) is 4.88 Å². The maximum Gasteiger partial charge on any atom is 0.407 e. The average molecular weight is 311 g/mol. The summed E-state index contributed by atoms with van der Waals surface area (Å²) in [4.78, 5) is 25.0. The van der Waals surface area contributed by atoms with Crippen LogP contribution in [0.5, 0.6) is 0 Å². The third kappa shape index (κ3) is 3.97. The lowest BCUT2D eigenvalue weighted by molar-refractivity contribution is 0.0521. The van der Waals surface area contributed by atoms with Crippen LogP contribution in [0.2, 0.25) is 0 Å². The van der Waals surface area contributed by atoms with Crippen LogP contribution in [0.15, 0.2) is 6.07 Å². The minimum atomic E-state index is -0.495. The molecule has 5 nitrogen and oxygen atoms in total. The summed E-state index contributed by atoms with van der Waals surface area (Å²) in [6, 6.07) is 1.95. The highest BCUT2D eigenvalue weighted by atomic mass is 32.1. The fraction of sp³-hybridized carbons (Fsp3) is 0.600. The predicted molar refractivity (Wildman–Crippen MR) is 80.9 cm³/mol. The van der Waals surface area contributed by atoms with Crippen molar-refractivity contribution in [3.8, 4) is 0 Å². The number of carbonyl (C=O) groups excluding carboxylic acids is 2. The molecule has 116 valence electrons. The first-order chi connectivity index (χ1) is 9.71. The lowest BCUT2D eigenvalue weighted by Gasteiger charge is -2.19. The maximum atomic E-state index is 11.7. The summed E-state index contributed by atoms with van der Waals surface area (Å²) in [6.07, 6.45) is 0.480. The van der Waals surface area contributed by atoms with E-state index in [1.54, 1.807) is 0 Å². The zero-order valence-corrected chi connectivity index (χ0v) is 13.8. The van der Waals surface area contributed by atoms with E-state index in [1.807, 2.05) is 33.8 Å². The lowest BCUT2D eigenvalue weighted by atomic mass is 10.1. The normalized spacial score (nSPS) is 20.8. The van der Waals surface area contributed by atoms with Gasteiger partial charge in [0.2, 0.25) is 0 Å². The van der Waals surface area contributed by atoms with E-state index in [4.69, 9.17) is 9.47 Å². The van der Waals surface area contributed by atoms with Crippen LogP contribution in [0.3, 0.4) is 0 Å². The molecule has 1 aromatic rings. The number of methoxy groups -OCH3 is 1. The van der Waals surface area contributed by atoms with E-state index in [-0.39, 0.29) is 17.9 Å². The van der Waals surface area contributed by atoms with Crippen LogP contribution in [0.4, 0.5) is 4.79 Å². The van der Waals surface area contributed by atoms with Crippen LogP contribution >= 0.6 is 11.3 Å². The molecule has 2 unspecified atom stereocenters. The second kappa shape index (κ2) is 5.67. The van der Waals surface area contributed by atoms with Gasteiger partial charge in [0.15, 0.2) is 0 Å². The molecule has 0 aromatic carbocycles. The molecule has 21 heavy (non-hydrogen) atoms. The highest BCUT2D eigenvalue weighted by Gasteiger charge is 2.42. The molecule has 1 saturated carbocycles. The Hall–Kier alpha value is -1.56. The Morgan fingerprint density at radius 2 is 2.05 bits per heavy atom. The van der Waals surface area contributed by atoms with Crippen molar-refractivity contribution in [1.82, 2.24) is 5.32 Å². The minimum absolute atomic E-state index is 0.0821. The monoisotopic (exact) mass is 311 g/mol. The van der Waals surface area contributed by atoms with Crippen molar-refractivity contribution >= 4 is 23.4 Å². The third-order valence-corrected chi connectivity index (χ3v) is 4.28. The van der Waals surface area contributed by atoms with E-state index in [9.17, 15) is 9.59 Å². The van der Waals surface area contributed by atoms with Gasteiger partial charge in [-0.05, 0) is 45.7 Å². The van der Waals surface area contributed by atoms with Gasteiger partial charge in [-0.25, -0.2) is 9.59 Å². The zero-order valence-electron chi connectivity index (χ0n) is 13.0. The number of hydrogen-bond donors (Lipinski definition) is 1. The Labute approximate surface area is 128 Å². The summed E-state index contributed by atoms with van der Waals surface area (Å²) >= 11 is 1.43. The summed E-state index contributed by atoms with van der Waals surface area (Å²) in [7, 11) is 1.38. The molecule has 1 aliphatic rings. The molecular weight excluding hydrogens is 290 g/mol. The number of ether oxygens (including phenoxy) is 2. The van der Waals surface area contributed by atoms with Crippen molar-refractivity contribution in [2.45, 2.75) is 51.7 Å². The molecule has 1 N–H and O–H groups in total. The molecule has 1 aliphatic carbocycles. The molecule has 1 amide bonds. The molecule has 0 radical (unpaired) electrons. The highest BCUT2D eigenvalue weighted by molar-refractivity contribution is 7.14. The summed E-state index contributed by atoms with van der Waals surface area (Å²) in [5.41, 5.74) is 0.617. The molecule has 2 rings (SSSR count). The van der Waals surface area contributed by atoms with E-state index in [1.165, 1.54) is 18.4 Å². The van der Waals surface area contributed by atoms with Gasteiger partial charge in [-0.2, -0.15) is 0 Å². The molecule has 1 heterocycles. The summed E-state index contributed by atoms with van der Waals surface area (Å²) < 4.78 is 9.97. The molecule has 2 atom stereocenters. The molecule has 0 aliphatic heterocycles. The molecule has 0 saturated heterocycles. The van der Waals surface area contributed by atoms with Crippen LogP contribution in [0.1, 0.15) is 53.2 Å². The Bertz CT molecular complexity index is 559. The maximum absolute atomic E-state index is 11.7. The first-order valence-corrected chi connectivity index (χ1v) is 7.71. The topological polar surface area (TPSA) is 64.6 Å². The number of thiophene rings is 1. The molecule has 1 aromatic heterocycles. The van der Waals surface area contributed by atoms with Gasteiger partial charge in [-0.15, -0.1) is 11.3 Å². The van der Waals surface area contributed by atoms with Crippen molar-refractivity contribution in [3.05, 3.63) is 21.4 Å². The largest absolute Gasteiger partial charge is 0.465 e. The van der Waals surface area contributed by atoms with Crippen molar-refractivity contribution in [2.75, 3.05) is 7.11 Å². The fourth-order valence-electron chi connectivity index (χ4n) is 2.22. The molecule has 0 bridgehead atoms. The van der Waals surface area contributed by atoms with Crippen LogP contribution in [-0.4, -0.2) is 30.8 Å². The number of esters is 1.